The molecule has 1 fully saturated rings. The third-order valence-corrected chi connectivity index (χ3v) is 3.19. The summed E-state index contributed by atoms with van der Waals surface area (Å²) in [4.78, 5) is 11.0. The van der Waals surface area contributed by atoms with E-state index < -0.39 is 0 Å². The Labute approximate surface area is 114 Å². The molecule has 2 rings (SSSR count). The first kappa shape index (κ1) is 14.0. The van der Waals surface area contributed by atoms with Gasteiger partial charge in [0.05, 0.1) is 0 Å². The smallest absolute Gasteiger partial charge is 0.158 e. The van der Waals surface area contributed by atoms with Crippen LogP contribution in [0.3, 0.4) is 0 Å². The molecule has 1 aromatic heterocycles. The Morgan fingerprint density at radius 2 is 2.16 bits per heavy atom. The molecule has 0 saturated carbocycles. The normalized spacial score (nSPS) is 17.6. The molecule has 1 aliphatic heterocycles. The van der Waals surface area contributed by atoms with E-state index in [1.54, 1.807) is 13.2 Å². The maximum Gasteiger partial charge on any atom is 0.158 e. The monoisotopic (exact) mass is 265 g/mol. The van der Waals surface area contributed by atoms with Gasteiger partial charge in [-0.25, -0.2) is 9.97 Å². The van der Waals surface area contributed by atoms with Crippen LogP contribution in [-0.2, 0) is 11.3 Å². The highest BCUT2D eigenvalue weighted by Gasteiger charge is 2.15. The van der Waals surface area contributed by atoms with Gasteiger partial charge in [-0.15, -0.1) is 0 Å². The van der Waals surface area contributed by atoms with Crippen molar-refractivity contribution in [2.45, 2.75) is 32.4 Å². The number of rotatable bonds is 6. The average molecular weight is 265 g/mol. The van der Waals surface area contributed by atoms with Gasteiger partial charge in [-0.05, 0) is 32.9 Å². The SMILES string of the molecule is COCc1nc(N)cc(NC(C)CN2CCCC2)n1. The van der Waals surface area contributed by atoms with Crippen molar-refractivity contribution in [3.63, 3.8) is 0 Å². The lowest BCUT2D eigenvalue weighted by Gasteiger charge is -2.21. The van der Waals surface area contributed by atoms with Crippen LogP contribution < -0.4 is 11.1 Å². The van der Waals surface area contributed by atoms with Gasteiger partial charge in [0.15, 0.2) is 5.82 Å². The van der Waals surface area contributed by atoms with Crippen LogP contribution in [0, 0.1) is 0 Å². The first-order chi connectivity index (χ1) is 9.17. The highest BCUT2D eigenvalue weighted by Crippen LogP contribution is 2.12. The molecule has 106 valence electrons. The van der Waals surface area contributed by atoms with Crippen molar-refractivity contribution in [1.82, 2.24) is 14.9 Å². The number of nitrogens with zero attached hydrogens (tertiary/aromatic N) is 3. The van der Waals surface area contributed by atoms with E-state index in [1.165, 1.54) is 25.9 Å². The van der Waals surface area contributed by atoms with E-state index >= 15 is 0 Å². The van der Waals surface area contributed by atoms with Crippen molar-refractivity contribution in [2.75, 3.05) is 37.8 Å². The molecule has 0 bridgehead atoms. The third-order valence-electron chi connectivity index (χ3n) is 3.19. The molecule has 6 heteroatoms. The Bertz CT molecular complexity index is 406. The van der Waals surface area contributed by atoms with Crippen LogP contribution >= 0.6 is 0 Å². The van der Waals surface area contributed by atoms with Crippen LogP contribution in [0.2, 0.25) is 0 Å². The van der Waals surface area contributed by atoms with E-state index in [2.05, 4.69) is 27.1 Å². The Balaban J connectivity index is 1.93. The third kappa shape index (κ3) is 4.33. The van der Waals surface area contributed by atoms with E-state index in [0.29, 0.717) is 24.3 Å². The molecule has 6 nitrogen and oxygen atoms in total. The topological polar surface area (TPSA) is 76.3 Å². The van der Waals surface area contributed by atoms with E-state index in [-0.39, 0.29) is 0 Å². The summed E-state index contributed by atoms with van der Waals surface area (Å²) in [5, 5.41) is 3.38. The van der Waals surface area contributed by atoms with Gasteiger partial charge in [-0.1, -0.05) is 0 Å². The summed E-state index contributed by atoms with van der Waals surface area (Å²) in [6.07, 6.45) is 2.62. The highest BCUT2D eigenvalue weighted by atomic mass is 16.5. The van der Waals surface area contributed by atoms with Crippen molar-refractivity contribution >= 4 is 11.6 Å². The van der Waals surface area contributed by atoms with Crippen molar-refractivity contribution in [3.05, 3.63) is 11.9 Å². The van der Waals surface area contributed by atoms with Crippen LogP contribution in [0.25, 0.3) is 0 Å². The van der Waals surface area contributed by atoms with Gasteiger partial charge in [-0.2, -0.15) is 0 Å². The number of nitrogen functional groups attached to an aromatic ring is 1. The lowest BCUT2D eigenvalue weighted by atomic mass is 10.3. The molecule has 0 amide bonds. The van der Waals surface area contributed by atoms with Crippen LogP contribution in [-0.4, -0.2) is 47.7 Å². The summed E-state index contributed by atoms with van der Waals surface area (Å²) >= 11 is 0. The second-order valence-corrected chi connectivity index (χ2v) is 5.08. The number of hydrogen-bond acceptors (Lipinski definition) is 6. The molecule has 0 aromatic carbocycles. The molecule has 1 aromatic rings. The molecule has 0 aliphatic carbocycles. The summed E-state index contributed by atoms with van der Waals surface area (Å²) < 4.78 is 5.03. The van der Waals surface area contributed by atoms with Crippen molar-refractivity contribution in [1.29, 1.82) is 0 Å². The molecule has 1 aliphatic rings. The number of anilines is 2. The van der Waals surface area contributed by atoms with Gasteiger partial charge < -0.3 is 20.7 Å². The quantitative estimate of drug-likeness (QED) is 0.802. The maximum absolute atomic E-state index is 5.77. The molecule has 1 atom stereocenters. The zero-order valence-electron chi connectivity index (χ0n) is 11.7. The number of ether oxygens (including phenoxy) is 1. The molecular weight excluding hydrogens is 242 g/mol. The number of nitrogens with one attached hydrogen (secondary N) is 1. The molecule has 0 radical (unpaired) electrons. The number of aromatic nitrogens is 2. The summed E-state index contributed by atoms with van der Waals surface area (Å²) in [7, 11) is 1.62. The van der Waals surface area contributed by atoms with Gasteiger partial charge in [0.1, 0.15) is 18.2 Å². The van der Waals surface area contributed by atoms with Crippen LogP contribution in [0.1, 0.15) is 25.6 Å². The largest absolute Gasteiger partial charge is 0.384 e. The van der Waals surface area contributed by atoms with Crippen molar-refractivity contribution in [2.24, 2.45) is 0 Å². The van der Waals surface area contributed by atoms with Gasteiger partial charge in [0.2, 0.25) is 0 Å². The van der Waals surface area contributed by atoms with E-state index in [4.69, 9.17) is 10.5 Å². The fourth-order valence-corrected chi connectivity index (χ4v) is 2.44. The van der Waals surface area contributed by atoms with Gasteiger partial charge in [-0.3, -0.25) is 0 Å². The highest BCUT2D eigenvalue weighted by molar-refractivity contribution is 5.45. The van der Waals surface area contributed by atoms with E-state index in [9.17, 15) is 0 Å². The first-order valence-electron chi connectivity index (χ1n) is 6.78. The fourth-order valence-electron chi connectivity index (χ4n) is 2.44. The molecule has 1 saturated heterocycles. The number of hydrogen-bond donors (Lipinski definition) is 2. The minimum absolute atomic E-state index is 0.336. The van der Waals surface area contributed by atoms with Crippen LogP contribution in [0.15, 0.2) is 6.07 Å². The first-order valence-corrected chi connectivity index (χ1v) is 6.78. The standard InChI is InChI=1S/C13H23N5O/c1-10(8-18-5-3-4-6-18)15-12-7-11(14)16-13(17-12)9-19-2/h7,10H,3-6,8-9H2,1-2H3,(H3,14,15,16,17). The Morgan fingerprint density at radius 3 is 2.84 bits per heavy atom. The Kier molecular flexibility index (Phi) is 4.93. The van der Waals surface area contributed by atoms with E-state index in [1.807, 2.05) is 0 Å². The molecule has 0 spiro atoms. The predicted molar refractivity (Wildman–Crippen MR) is 75.9 cm³/mol. The predicted octanol–water partition coefficient (Wildman–Crippen LogP) is 1.10. The minimum Gasteiger partial charge on any atom is -0.384 e. The average Bonchev–Trinajstić information content (AvgIpc) is 2.81. The molecular formula is C13H23N5O. The molecule has 2 heterocycles. The zero-order chi connectivity index (χ0) is 13.7. The minimum atomic E-state index is 0.336. The molecule has 19 heavy (non-hydrogen) atoms. The van der Waals surface area contributed by atoms with Crippen LogP contribution in [0.4, 0.5) is 11.6 Å². The molecule has 1 unspecified atom stereocenters. The second kappa shape index (κ2) is 6.68. The number of nitrogens with two attached hydrogens (primary N) is 1. The summed E-state index contributed by atoms with van der Waals surface area (Å²) in [6.45, 7) is 5.97. The maximum atomic E-state index is 5.77. The van der Waals surface area contributed by atoms with Gasteiger partial charge in [0.25, 0.3) is 0 Å². The Morgan fingerprint density at radius 1 is 1.42 bits per heavy atom. The number of methoxy groups -OCH3 is 1. The summed E-state index contributed by atoms with van der Waals surface area (Å²) in [5.74, 6) is 1.85. The Hall–Kier alpha value is -1.40. The van der Waals surface area contributed by atoms with Crippen LogP contribution in [0.5, 0.6) is 0 Å². The fraction of sp³-hybridized carbons (Fsp3) is 0.692. The summed E-state index contributed by atoms with van der Waals surface area (Å²) in [6, 6.07) is 2.10. The van der Waals surface area contributed by atoms with Crippen molar-refractivity contribution < 1.29 is 4.74 Å². The van der Waals surface area contributed by atoms with E-state index in [0.717, 1.165) is 12.4 Å². The lowest BCUT2D eigenvalue weighted by Crippen LogP contribution is -2.33. The summed E-state index contributed by atoms with van der Waals surface area (Å²) in [5.41, 5.74) is 5.77. The van der Waals surface area contributed by atoms with Crippen molar-refractivity contribution in [3.8, 4) is 0 Å². The van der Waals surface area contributed by atoms with Gasteiger partial charge >= 0.3 is 0 Å². The zero-order valence-corrected chi connectivity index (χ0v) is 11.7. The lowest BCUT2D eigenvalue weighted by molar-refractivity contribution is 0.178. The molecule has 3 N–H and O–H groups in total. The second-order valence-electron chi connectivity index (χ2n) is 5.08. The van der Waals surface area contributed by atoms with Gasteiger partial charge in [0, 0.05) is 25.8 Å². The number of likely N-dealkylation sites (tertiary alicyclic amines) is 1.